The van der Waals surface area contributed by atoms with Crippen LogP contribution in [0.1, 0.15) is 45.7 Å². The van der Waals surface area contributed by atoms with Crippen molar-refractivity contribution in [2.24, 2.45) is 0 Å². The Hall–Kier alpha value is -3.84. The molecule has 0 radical (unpaired) electrons. The van der Waals surface area contributed by atoms with Crippen molar-refractivity contribution in [3.63, 3.8) is 0 Å². The number of rotatable bonds is 1. The topological polar surface area (TPSA) is 89.8 Å². The van der Waals surface area contributed by atoms with E-state index in [1.165, 1.54) is 5.56 Å². The van der Waals surface area contributed by atoms with E-state index >= 15 is 0 Å². The van der Waals surface area contributed by atoms with Crippen molar-refractivity contribution in [3.8, 4) is 11.3 Å². The number of nitrogens with one attached hydrogen (secondary N) is 4. The molecular formula is C28H25BrN4O2. The average molecular weight is 529 g/mol. The summed E-state index contributed by atoms with van der Waals surface area (Å²) >= 11 is 3.45. The van der Waals surface area contributed by atoms with Crippen molar-refractivity contribution in [1.82, 2.24) is 20.6 Å². The molecule has 35 heavy (non-hydrogen) atoms. The quantitative estimate of drug-likeness (QED) is 0.206. The lowest BCUT2D eigenvalue weighted by Gasteiger charge is -2.14. The molecule has 0 spiro atoms. The van der Waals surface area contributed by atoms with Gasteiger partial charge >= 0.3 is 0 Å². The molecule has 0 fully saturated rings. The van der Waals surface area contributed by atoms with Gasteiger partial charge in [0.2, 0.25) is 0 Å². The van der Waals surface area contributed by atoms with Crippen LogP contribution in [-0.4, -0.2) is 21.8 Å². The molecule has 0 saturated heterocycles. The van der Waals surface area contributed by atoms with Gasteiger partial charge in [-0.25, -0.2) is 0 Å². The van der Waals surface area contributed by atoms with Gasteiger partial charge in [-0.15, -0.1) is 0 Å². The second-order valence-electron chi connectivity index (χ2n) is 8.08. The fraction of sp³-hybridized carbons (Fsp3) is 0.143. The molecule has 2 amide bonds. The van der Waals surface area contributed by atoms with E-state index in [1.807, 2.05) is 68.4 Å². The third kappa shape index (κ3) is 3.91. The number of H-pyrrole nitrogens is 2. The monoisotopic (exact) mass is 528 g/mol. The SMILES string of the molecule is CC.O=C1NCc2c(-c3ccccc3)[nH]c3cccc1c23.O=C1NCc2c(Br)[nH]c3cccc1c23. The second kappa shape index (κ2) is 9.43. The molecule has 0 atom stereocenters. The summed E-state index contributed by atoms with van der Waals surface area (Å²) in [5.41, 5.74) is 8.12. The normalized spacial score (nSPS) is 13.3. The van der Waals surface area contributed by atoms with Crippen LogP contribution in [0, 0.1) is 0 Å². The molecule has 3 aromatic carbocycles. The number of aromatic amines is 2. The number of aromatic nitrogens is 2. The molecule has 0 unspecified atom stereocenters. The van der Waals surface area contributed by atoms with E-state index in [1.54, 1.807) is 0 Å². The minimum Gasteiger partial charge on any atom is -0.354 e. The summed E-state index contributed by atoms with van der Waals surface area (Å²) in [7, 11) is 0. The zero-order chi connectivity index (χ0) is 24.5. The van der Waals surface area contributed by atoms with Crippen LogP contribution in [0.25, 0.3) is 33.1 Å². The highest BCUT2D eigenvalue weighted by Crippen LogP contribution is 2.34. The number of hydrogen-bond donors (Lipinski definition) is 4. The van der Waals surface area contributed by atoms with E-state index < -0.39 is 0 Å². The van der Waals surface area contributed by atoms with Crippen molar-refractivity contribution >= 4 is 49.6 Å². The van der Waals surface area contributed by atoms with Crippen LogP contribution in [0.15, 0.2) is 71.3 Å². The molecule has 5 aromatic rings. The molecule has 0 aliphatic carbocycles. The van der Waals surface area contributed by atoms with Gasteiger partial charge in [0.15, 0.2) is 0 Å². The maximum Gasteiger partial charge on any atom is 0.252 e. The van der Waals surface area contributed by atoms with Crippen LogP contribution >= 0.6 is 15.9 Å². The molecule has 2 aliphatic heterocycles. The van der Waals surface area contributed by atoms with Crippen LogP contribution in [0.4, 0.5) is 0 Å². The third-order valence-corrected chi connectivity index (χ3v) is 6.88. The highest BCUT2D eigenvalue weighted by molar-refractivity contribution is 9.10. The third-order valence-electron chi connectivity index (χ3n) is 6.21. The Labute approximate surface area is 211 Å². The Balaban J connectivity index is 0.000000141. The first kappa shape index (κ1) is 22.9. The number of carbonyl (C=O) groups is 2. The lowest BCUT2D eigenvalue weighted by Crippen LogP contribution is -2.26. The van der Waals surface area contributed by atoms with Crippen LogP contribution in [0.5, 0.6) is 0 Å². The smallest absolute Gasteiger partial charge is 0.252 e. The number of hydrogen-bond acceptors (Lipinski definition) is 2. The van der Waals surface area contributed by atoms with Crippen LogP contribution in [0.3, 0.4) is 0 Å². The van der Waals surface area contributed by atoms with Crippen LogP contribution in [-0.2, 0) is 13.1 Å². The van der Waals surface area contributed by atoms with Crippen molar-refractivity contribution in [1.29, 1.82) is 0 Å². The van der Waals surface area contributed by atoms with Crippen molar-refractivity contribution in [2.75, 3.05) is 0 Å². The highest BCUT2D eigenvalue weighted by atomic mass is 79.9. The molecule has 7 rings (SSSR count). The molecule has 2 aliphatic rings. The largest absolute Gasteiger partial charge is 0.354 e. The van der Waals surface area contributed by atoms with Gasteiger partial charge < -0.3 is 20.6 Å². The second-order valence-corrected chi connectivity index (χ2v) is 8.88. The Morgan fingerprint density at radius 2 is 1.20 bits per heavy atom. The molecule has 176 valence electrons. The van der Waals surface area contributed by atoms with E-state index in [-0.39, 0.29) is 11.8 Å². The average Bonchev–Trinajstić information content (AvgIpc) is 3.44. The summed E-state index contributed by atoms with van der Waals surface area (Å²) < 4.78 is 0.958. The summed E-state index contributed by atoms with van der Waals surface area (Å²) in [5, 5.41) is 7.88. The minimum absolute atomic E-state index is 0.00889. The Bertz CT molecular complexity index is 1570. The van der Waals surface area contributed by atoms with Gasteiger partial charge in [0.1, 0.15) is 0 Å². The Kier molecular flexibility index (Phi) is 6.17. The number of carbonyl (C=O) groups excluding carboxylic acids is 2. The zero-order valence-electron chi connectivity index (χ0n) is 19.5. The standard InChI is InChI=1S/C16H12N2O.C10H7BrN2O.C2H6/c19-16-11-7-4-8-13-14(11)12(9-17-16)15(18-13)10-5-2-1-3-6-10;11-9-6-4-12-10(14)5-2-1-3-7(13-9)8(5)6;1-2/h1-8,18H,9H2,(H,17,19);1-3,13H,4H2,(H,12,14);1-2H3. The van der Waals surface area contributed by atoms with Crippen molar-refractivity contribution in [3.05, 3.63) is 93.6 Å². The molecule has 6 nitrogen and oxygen atoms in total. The van der Waals surface area contributed by atoms with E-state index in [2.05, 4.69) is 48.7 Å². The maximum absolute atomic E-state index is 11.9. The fourth-order valence-electron chi connectivity index (χ4n) is 4.70. The molecule has 0 bridgehead atoms. The molecule has 4 N–H and O–H groups in total. The molecule has 7 heteroatoms. The predicted molar refractivity (Wildman–Crippen MR) is 143 cm³/mol. The minimum atomic E-state index is 0.00889. The van der Waals surface area contributed by atoms with Crippen LogP contribution in [0.2, 0.25) is 0 Å². The first-order valence-corrected chi connectivity index (χ1v) is 12.5. The first-order valence-electron chi connectivity index (χ1n) is 11.7. The zero-order valence-corrected chi connectivity index (χ0v) is 21.0. The Morgan fingerprint density at radius 3 is 1.83 bits per heavy atom. The predicted octanol–water partition coefficient (Wildman–Crippen LogP) is 6.28. The molecular weight excluding hydrogens is 504 g/mol. The summed E-state index contributed by atoms with van der Waals surface area (Å²) in [4.78, 5) is 30.1. The van der Waals surface area contributed by atoms with Gasteiger partial charge in [-0.2, -0.15) is 0 Å². The number of halogens is 1. The first-order chi connectivity index (χ1) is 17.1. The Morgan fingerprint density at radius 1 is 0.657 bits per heavy atom. The van der Waals surface area contributed by atoms with E-state index in [0.29, 0.717) is 13.1 Å². The molecule has 2 aromatic heterocycles. The summed E-state index contributed by atoms with van der Waals surface area (Å²) in [6, 6.07) is 21.7. The molecule has 0 saturated carbocycles. The summed E-state index contributed by atoms with van der Waals surface area (Å²) in [6.45, 7) is 5.18. The highest BCUT2D eigenvalue weighted by Gasteiger charge is 2.23. The van der Waals surface area contributed by atoms with Gasteiger partial charge in [-0.05, 0) is 45.8 Å². The summed E-state index contributed by atoms with van der Waals surface area (Å²) in [5.74, 6) is 0.0197. The lowest BCUT2D eigenvalue weighted by atomic mass is 9.98. The van der Waals surface area contributed by atoms with Gasteiger partial charge in [-0.1, -0.05) is 56.3 Å². The fourth-order valence-corrected chi connectivity index (χ4v) is 5.25. The van der Waals surface area contributed by atoms with E-state index in [4.69, 9.17) is 0 Å². The lowest BCUT2D eigenvalue weighted by molar-refractivity contribution is 0.0941. The molecule has 4 heterocycles. The van der Waals surface area contributed by atoms with Gasteiger partial charge in [-0.3, -0.25) is 9.59 Å². The maximum atomic E-state index is 11.9. The van der Waals surface area contributed by atoms with Crippen molar-refractivity contribution in [2.45, 2.75) is 26.9 Å². The summed E-state index contributed by atoms with van der Waals surface area (Å²) in [6.07, 6.45) is 0. The van der Waals surface area contributed by atoms with E-state index in [0.717, 1.165) is 54.4 Å². The van der Waals surface area contributed by atoms with E-state index in [9.17, 15) is 9.59 Å². The number of amides is 2. The van der Waals surface area contributed by atoms with Crippen molar-refractivity contribution < 1.29 is 9.59 Å². The van der Waals surface area contributed by atoms with Gasteiger partial charge in [0, 0.05) is 57.1 Å². The number of benzene rings is 3. The van der Waals surface area contributed by atoms with Crippen LogP contribution < -0.4 is 10.6 Å². The van der Waals surface area contributed by atoms with Gasteiger partial charge in [0.05, 0.1) is 10.3 Å². The van der Waals surface area contributed by atoms with Gasteiger partial charge in [0.25, 0.3) is 11.8 Å².